The van der Waals surface area contributed by atoms with Crippen LogP contribution in [-0.2, 0) is 16.0 Å². The van der Waals surface area contributed by atoms with Crippen LogP contribution in [0.4, 0.5) is 13.2 Å². The normalized spacial score (nSPS) is 12.9. The fourth-order valence-corrected chi connectivity index (χ4v) is 1.36. The predicted octanol–water partition coefficient (Wildman–Crippen LogP) is 1.63. The van der Waals surface area contributed by atoms with Gasteiger partial charge in [-0.1, -0.05) is 12.1 Å². The second kappa shape index (κ2) is 5.72. The number of rotatable bonds is 4. The quantitative estimate of drug-likeness (QED) is 0.839. The molecule has 0 unspecified atom stereocenters. The maximum absolute atomic E-state index is 12.0. The van der Waals surface area contributed by atoms with E-state index in [9.17, 15) is 18.0 Å². The summed E-state index contributed by atoms with van der Waals surface area (Å²) in [7, 11) is 1.19. The molecule has 0 aliphatic rings. The Morgan fingerprint density at radius 1 is 1.44 bits per heavy atom. The maximum atomic E-state index is 12.0. The molecule has 1 atom stereocenters. The SMILES string of the molecule is COC(=O)[C@H](N)Cc1cccc(OC(F)(F)F)c1. The molecule has 100 valence electrons. The summed E-state index contributed by atoms with van der Waals surface area (Å²) in [4.78, 5) is 11.1. The van der Waals surface area contributed by atoms with Crippen LogP contribution in [0.1, 0.15) is 5.56 Å². The number of ether oxygens (including phenoxy) is 2. The maximum Gasteiger partial charge on any atom is 0.573 e. The lowest BCUT2D eigenvalue weighted by molar-refractivity contribution is -0.274. The summed E-state index contributed by atoms with van der Waals surface area (Å²) in [5.41, 5.74) is 5.95. The molecule has 0 aliphatic carbocycles. The standard InChI is InChI=1S/C11H12F3NO3/c1-17-10(16)9(15)6-7-3-2-4-8(5-7)18-11(12,13)14/h2-5,9H,6,15H2,1H3/t9-/m1/s1. The number of nitrogens with two attached hydrogens (primary N) is 1. The van der Waals surface area contributed by atoms with Crippen LogP contribution >= 0.6 is 0 Å². The number of esters is 1. The fourth-order valence-electron chi connectivity index (χ4n) is 1.36. The van der Waals surface area contributed by atoms with Crippen molar-refractivity contribution in [3.05, 3.63) is 29.8 Å². The Morgan fingerprint density at radius 2 is 2.11 bits per heavy atom. The highest BCUT2D eigenvalue weighted by Crippen LogP contribution is 2.23. The van der Waals surface area contributed by atoms with Gasteiger partial charge in [0.15, 0.2) is 0 Å². The highest BCUT2D eigenvalue weighted by Gasteiger charge is 2.31. The molecule has 0 saturated heterocycles. The van der Waals surface area contributed by atoms with Crippen molar-refractivity contribution in [2.45, 2.75) is 18.8 Å². The lowest BCUT2D eigenvalue weighted by Crippen LogP contribution is -2.33. The molecular formula is C11H12F3NO3. The van der Waals surface area contributed by atoms with Crippen molar-refractivity contribution in [1.29, 1.82) is 0 Å². The van der Waals surface area contributed by atoms with E-state index in [4.69, 9.17) is 5.73 Å². The first-order chi connectivity index (χ1) is 8.31. The van der Waals surface area contributed by atoms with Gasteiger partial charge in [-0.15, -0.1) is 13.2 Å². The number of alkyl halides is 3. The molecule has 1 aromatic carbocycles. The summed E-state index contributed by atoms with van der Waals surface area (Å²) >= 11 is 0. The number of benzene rings is 1. The van der Waals surface area contributed by atoms with Crippen molar-refractivity contribution < 1.29 is 27.4 Å². The molecule has 1 rings (SSSR count). The predicted molar refractivity (Wildman–Crippen MR) is 56.8 cm³/mol. The summed E-state index contributed by atoms with van der Waals surface area (Å²) in [6.07, 6.45) is -4.68. The van der Waals surface area contributed by atoms with Crippen molar-refractivity contribution in [1.82, 2.24) is 0 Å². The van der Waals surface area contributed by atoms with E-state index in [-0.39, 0.29) is 12.2 Å². The Morgan fingerprint density at radius 3 is 2.67 bits per heavy atom. The zero-order valence-electron chi connectivity index (χ0n) is 9.53. The number of carbonyl (C=O) groups is 1. The second-order valence-corrected chi connectivity index (χ2v) is 3.53. The van der Waals surface area contributed by atoms with Crippen LogP contribution in [0.2, 0.25) is 0 Å². The van der Waals surface area contributed by atoms with E-state index in [1.807, 2.05) is 0 Å². The number of halogens is 3. The van der Waals surface area contributed by atoms with E-state index in [1.165, 1.54) is 25.3 Å². The van der Waals surface area contributed by atoms with Crippen molar-refractivity contribution in [3.8, 4) is 5.75 Å². The third kappa shape index (κ3) is 4.62. The van der Waals surface area contributed by atoms with E-state index in [2.05, 4.69) is 9.47 Å². The Bertz CT molecular complexity index is 420. The van der Waals surface area contributed by atoms with Gasteiger partial charge in [0.25, 0.3) is 0 Å². The van der Waals surface area contributed by atoms with Crippen molar-refractivity contribution >= 4 is 5.97 Å². The van der Waals surface area contributed by atoms with Crippen LogP contribution in [0.25, 0.3) is 0 Å². The summed E-state index contributed by atoms with van der Waals surface area (Å²) < 4.78 is 44.2. The highest BCUT2D eigenvalue weighted by atomic mass is 19.4. The monoisotopic (exact) mass is 263 g/mol. The molecule has 0 bridgehead atoms. The van der Waals surface area contributed by atoms with Crippen LogP contribution in [0, 0.1) is 0 Å². The lowest BCUT2D eigenvalue weighted by Gasteiger charge is -2.12. The average Bonchev–Trinajstić information content (AvgIpc) is 2.26. The Kier molecular flexibility index (Phi) is 4.55. The Labute approximate surface area is 101 Å². The molecule has 4 nitrogen and oxygen atoms in total. The molecular weight excluding hydrogens is 251 g/mol. The van der Waals surface area contributed by atoms with Gasteiger partial charge in [0.1, 0.15) is 11.8 Å². The zero-order valence-corrected chi connectivity index (χ0v) is 9.53. The minimum atomic E-state index is -4.75. The molecule has 0 radical (unpaired) electrons. The molecule has 1 aromatic rings. The van der Waals surface area contributed by atoms with E-state index in [0.29, 0.717) is 5.56 Å². The van der Waals surface area contributed by atoms with Gasteiger partial charge in [-0.05, 0) is 24.1 Å². The molecule has 0 aliphatic heterocycles. The first kappa shape index (κ1) is 14.3. The van der Waals surface area contributed by atoms with Crippen molar-refractivity contribution in [3.63, 3.8) is 0 Å². The van der Waals surface area contributed by atoms with Gasteiger partial charge < -0.3 is 15.2 Å². The topological polar surface area (TPSA) is 61.5 Å². The summed E-state index contributed by atoms with van der Waals surface area (Å²) in [5.74, 6) is -0.978. The van der Waals surface area contributed by atoms with Gasteiger partial charge in [0.2, 0.25) is 0 Å². The molecule has 0 amide bonds. The average molecular weight is 263 g/mol. The molecule has 0 fully saturated rings. The minimum absolute atomic E-state index is 0.0712. The van der Waals surface area contributed by atoms with Crippen molar-refractivity contribution in [2.24, 2.45) is 5.73 Å². The molecule has 2 N–H and O–H groups in total. The number of hydrogen-bond donors (Lipinski definition) is 1. The summed E-state index contributed by atoms with van der Waals surface area (Å²) in [5, 5.41) is 0. The van der Waals surface area contributed by atoms with E-state index >= 15 is 0 Å². The molecule has 18 heavy (non-hydrogen) atoms. The number of hydrogen-bond acceptors (Lipinski definition) is 4. The molecule has 0 heterocycles. The van der Waals surface area contributed by atoms with Gasteiger partial charge >= 0.3 is 12.3 Å². The first-order valence-electron chi connectivity index (χ1n) is 5.00. The Hall–Kier alpha value is -1.76. The van der Waals surface area contributed by atoms with Gasteiger partial charge in [-0.25, -0.2) is 0 Å². The van der Waals surface area contributed by atoms with Crippen LogP contribution in [0.5, 0.6) is 5.75 Å². The van der Waals surface area contributed by atoms with Gasteiger partial charge in [-0.2, -0.15) is 0 Å². The fraction of sp³-hybridized carbons (Fsp3) is 0.364. The minimum Gasteiger partial charge on any atom is -0.468 e. The van der Waals surface area contributed by atoms with E-state index < -0.39 is 18.4 Å². The van der Waals surface area contributed by atoms with Crippen LogP contribution < -0.4 is 10.5 Å². The highest BCUT2D eigenvalue weighted by molar-refractivity contribution is 5.75. The summed E-state index contributed by atoms with van der Waals surface area (Å²) in [6, 6.07) is 4.36. The largest absolute Gasteiger partial charge is 0.573 e. The third-order valence-corrected chi connectivity index (χ3v) is 2.09. The molecule has 0 aromatic heterocycles. The Balaban J connectivity index is 2.73. The van der Waals surface area contributed by atoms with Crippen LogP contribution in [0.3, 0.4) is 0 Å². The number of carbonyl (C=O) groups excluding carboxylic acids is 1. The number of methoxy groups -OCH3 is 1. The second-order valence-electron chi connectivity index (χ2n) is 3.53. The van der Waals surface area contributed by atoms with Crippen LogP contribution in [-0.4, -0.2) is 25.5 Å². The molecule has 0 spiro atoms. The van der Waals surface area contributed by atoms with Gasteiger partial charge in [-0.3, -0.25) is 4.79 Å². The molecule has 0 saturated carbocycles. The lowest BCUT2D eigenvalue weighted by atomic mass is 10.1. The summed E-state index contributed by atoms with van der Waals surface area (Å²) in [6.45, 7) is 0. The third-order valence-electron chi connectivity index (χ3n) is 2.09. The smallest absolute Gasteiger partial charge is 0.468 e. The zero-order chi connectivity index (χ0) is 13.8. The molecule has 7 heteroatoms. The van der Waals surface area contributed by atoms with E-state index in [0.717, 1.165) is 0 Å². The van der Waals surface area contributed by atoms with E-state index in [1.54, 1.807) is 6.07 Å². The first-order valence-corrected chi connectivity index (χ1v) is 5.00. The van der Waals surface area contributed by atoms with Gasteiger partial charge in [0, 0.05) is 0 Å². The van der Waals surface area contributed by atoms with Crippen molar-refractivity contribution in [2.75, 3.05) is 7.11 Å². The van der Waals surface area contributed by atoms with Crippen LogP contribution in [0.15, 0.2) is 24.3 Å². The van der Waals surface area contributed by atoms with Gasteiger partial charge in [0.05, 0.1) is 7.11 Å².